The van der Waals surface area contributed by atoms with Gasteiger partial charge in [0.15, 0.2) is 5.58 Å². The van der Waals surface area contributed by atoms with Crippen molar-refractivity contribution in [3.8, 4) is 17.2 Å². The van der Waals surface area contributed by atoms with Crippen LogP contribution in [0, 0.1) is 5.92 Å². The summed E-state index contributed by atoms with van der Waals surface area (Å²) in [6.07, 6.45) is 4.75. The Hall–Kier alpha value is -4.41. The summed E-state index contributed by atoms with van der Waals surface area (Å²) in [6.45, 7) is 6.45. The van der Waals surface area contributed by atoms with Gasteiger partial charge in [-0.15, -0.1) is 0 Å². The fraction of sp³-hybridized carbons (Fsp3) is 0.393. The summed E-state index contributed by atoms with van der Waals surface area (Å²) >= 11 is 0. The van der Waals surface area contributed by atoms with Gasteiger partial charge in [0.1, 0.15) is 34.6 Å². The highest BCUT2D eigenvalue weighted by molar-refractivity contribution is 6.03. The van der Waals surface area contributed by atoms with Gasteiger partial charge in [0, 0.05) is 42.2 Å². The number of benzene rings is 1. The predicted octanol–water partition coefficient (Wildman–Crippen LogP) is 4.83. The van der Waals surface area contributed by atoms with Gasteiger partial charge in [-0.2, -0.15) is 0 Å². The minimum Gasteiger partial charge on any atom is -0.487 e. The van der Waals surface area contributed by atoms with Gasteiger partial charge in [-0.05, 0) is 51.8 Å². The molecule has 11 heteroatoms. The van der Waals surface area contributed by atoms with E-state index in [2.05, 4.69) is 20.6 Å². The number of aromatic nitrogens is 3. The average Bonchev–Trinajstić information content (AvgIpc) is 3.63. The van der Waals surface area contributed by atoms with Crippen molar-refractivity contribution in [2.45, 2.75) is 45.3 Å². The Labute approximate surface area is 224 Å². The molecule has 1 saturated heterocycles. The maximum atomic E-state index is 12.3. The Bertz CT molecular complexity index is 1580. The number of anilines is 2. The molecule has 3 aromatic heterocycles. The van der Waals surface area contributed by atoms with Crippen molar-refractivity contribution in [3.63, 3.8) is 0 Å². The number of nitrogens with zero attached hydrogens (tertiary/aromatic N) is 4. The largest absolute Gasteiger partial charge is 0.487 e. The number of rotatable bonds is 6. The first-order valence-electron chi connectivity index (χ1n) is 13.0. The fourth-order valence-electron chi connectivity index (χ4n) is 4.42. The van der Waals surface area contributed by atoms with E-state index in [-0.39, 0.29) is 24.0 Å². The Morgan fingerprint density at radius 3 is 2.59 bits per heavy atom. The number of carbonyl (C=O) groups excluding carboxylic acids is 2. The molecule has 4 aromatic rings. The van der Waals surface area contributed by atoms with Crippen molar-refractivity contribution in [2.24, 2.45) is 5.92 Å². The molecular weight excluding hydrogens is 500 g/mol. The zero-order valence-corrected chi connectivity index (χ0v) is 22.3. The van der Waals surface area contributed by atoms with Crippen LogP contribution in [0.3, 0.4) is 0 Å². The normalized spacial score (nSPS) is 15.7. The Balaban J connectivity index is 1.23. The summed E-state index contributed by atoms with van der Waals surface area (Å²) in [5.41, 5.74) is 1.38. The second kappa shape index (κ2) is 9.40. The minimum absolute atomic E-state index is 0.0126. The smallest absolute Gasteiger partial charge is 0.410 e. The first-order valence-corrected chi connectivity index (χ1v) is 13.0. The maximum Gasteiger partial charge on any atom is 0.410 e. The SMILES string of the molecule is CNc1ncc(-c2nc3cc(OC4CN(C(=O)OC(C)(C)C)C4)ccc3o2)c2cc(NC(=O)C3CC3)ncc12. The third-order valence-electron chi connectivity index (χ3n) is 6.60. The molecule has 2 N–H and O–H groups in total. The summed E-state index contributed by atoms with van der Waals surface area (Å²) in [6, 6.07) is 7.28. The van der Waals surface area contributed by atoms with E-state index in [4.69, 9.17) is 18.9 Å². The quantitative estimate of drug-likeness (QED) is 0.360. The molecule has 0 spiro atoms. The topological polar surface area (TPSA) is 132 Å². The molecule has 0 radical (unpaired) electrons. The van der Waals surface area contributed by atoms with E-state index < -0.39 is 5.60 Å². The Morgan fingerprint density at radius 1 is 1.08 bits per heavy atom. The molecule has 11 nitrogen and oxygen atoms in total. The summed E-state index contributed by atoms with van der Waals surface area (Å²) < 4.78 is 17.6. The standard InChI is InChI=1S/C28H30N6O5/c1-28(2,3)39-27(36)34-13-17(14-34)37-16-7-8-22-21(9-16)32-26(38-22)20-12-31-24(29-4)19-11-30-23(10-18(19)20)33-25(35)15-5-6-15/h7-12,15,17H,5-6,13-14H2,1-4H3,(H,29,31)(H,30,33,35). The van der Waals surface area contributed by atoms with Crippen LogP contribution in [0.2, 0.25) is 0 Å². The van der Waals surface area contributed by atoms with Crippen LogP contribution in [-0.2, 0) is 9.53 Å². The van der Waals surface area contributed by atoms with E-state index in [1.165, 1.54) is 0 Å². The summed E-state index contributed by atoms with van der Waals surface area (Å²) in [7, 11) is 1.79. The van der Waals surface area contributed by atoms with Gasteiger partial charge in [0.2, 0.25) is 11.8 Å². The van der Waals surface area contributed by atoms with E-state index in [0.29, 0.717) is 53.0 Å². The number of ether oxygens (including phenoxy) is 2. The number of amides is 2. The lowest BCUT2D eigenvalue weighted by molar-refractivity contribution is -0.117. The lowest BCUT2D eigenvalue weighted by Crippen LogP contribution is -2.57. The molecule has 0 atom stereocenters. The molecule has 1 aliphatic carbocycles. The third kappa shape index (κ3) is 5.16. The molecule has 0 unspecified atom stereocenters. The first-order chi connectivity index (χ1) is 18.7. The number of hydrogen-bond acceptors (Lipinski definition) is 9. The van der Waals surface area contributed by atoms with E-state index in [1.54, 1.807) is 24.3 Å². The van der Waals surface area contributed by atoms with Crippen LogP contribution in [-0.4, -0.2) is 63.7 Å². The van der Waals surface area contributed by atoms with Crippen LogP contribution < -0.4 is 15.4 Å². The van der Waals surface area contributed by atoms with Crippen molar-refractivity contribution in [2.75, 3.05) is 30.8 Å². The molecular formula is C28H30N6O5. The molecule has 2 aliphatic rings. The lowest BCUT2D eigenvalue weighted by Gasteiger charge is -2.39. The number of oxazole rings is 1. The second-order valence-electron chi connectivity index (χ2n) is 10.9. The number of nitrogens with one attached hydrogen (secondary N) is 2. The van der Waals surface area contributed by atoms with Crippen LogP contribution >= 0.6 is 0 Å². The van der Waals surface area contributed by atoms with E-state index in [0.717, 1.165) is 23.6 Å². The fourth-order valence-corrected chi connectivity index (χ4v) is 4.42. The number of fused-ring (bicyclic) bond motifs is 2. The second-order valence-corrected chi connectivity index (χ2v) is 10.9. The molecule has 0 bridgehead atoms. The monoisotopic (exact) mass is 530 g/mol. The highest BCUT2D eigenvalue weighted by Gasteiger charge is 2.35. The number of hydrogen-bond donors (Lipinski definition) is 2. The van der Waals surface area contributed by atoms with Gasteiger partial charge in [-0.1, -0.05) is 0 Å². The van der Waals surface area contributed by atoms with Crippen LogP contribution in [0.4, 0.5) is 16.4 Å². The van der Waals surface area contributed by atoms with Crippen molar-refractivity contribution < 1.29 is 23.5 Å². The summed E-state index contributed by atoms with van der Waals surface area (Å²) in [5, 5.41) is 7.57. The van der Waals surface area contributed by atoms with Crippen LogP contribution in [0.15, 0.2) is 41.1 Å². The van der Waals surface area contributed by atoms with Crippen molar-refractivity contribution in [1.29, 1.82) is 0 Å². The number of likely N-dealkylation sites (tertiary alicyclic amines) is 1. The molecule has 1 aromatic carbocycles. The lowest BCUT2D eigenvalue weighted by atomic mass is 10.1. The van der Waals surface area contributed by atoms with E-state index in [1.807, 2.05) is 45.0 Å². The van der Waals surface area contributed by atoms with Gasteiger partial charge >= 0.3 is 6.09 Å². The first kappa shape index (κ1) is 24.9. The van der Waals surface area contributed by atoms with Crippen molar-refractivity contribution in [3.05, 3.63) is 36.7 Å². The molecule has 1 saturated carbocycles. The van der Waals surface area contributed by atoms with Crippen LogP contribution in [0.25, 0.3) is 33.3 Å². The number of carbonyl (C=O) groups is 2. The van der Waals surface area contributed by atoms with Crippen LogP contribution in [0.5, 0.6) is 5.75 Å². The van der Waals surface area contributed by atoms with Crippen molar-refractivity contribution in [1.82, 2.24) is 19.9 Å². The van der Waals surface area contributed by atoms with E-state index in [9.17, 15) is 9.59 Å². The van der Waals surface area contributed by atoms with Gasteiger partial charge in [0.25, 0.3) is 0 Å². The van der Waals surface area contributed by atoms with Gasteiger partial charge < -0.3 is 29.4 Å². The summed E-state index contributed by atoms with van der Waals surface area (Å²) in [4.78, 5) is 39.7. The van der Waals surface area contributed by atoms with Gasteiger partial charge in [0.05, 0.1) is 18.7 Å². The maximum absolute atomic E-state index is 12.3. The molecule has 202 valence electrons. The third-order valence-corrected chi connectivity index (χ3v) is 6.60. The van der Waals surface area contributed by atoms with Crippen molar-refractivity contribution >= 4 is 45.5 Å². The molecule has 39 heavy (non-hydrogen) atoms. The number of pyridine rings is 2. The Kier molecular flexibility index (Phi) is 6.00. The average molecular weight is 531 g/mol. The van der Waals surface area contributed by atoms with Crippen LogP contribution in [0.1, 0.15) is 33.6 Å². The summed E-state index contributed by atoms with van der Waals surface area (Å²) in [5.74, 6) is 2.23. The van der Waals surface area contributed by atoms with Gasteiger partial charge in [-0.25, -0.2) is 19.7 Å². The minimum atomic E-state index is -0.532. The molecule has 2 amide bonds. The molecule has 6 rings (SSSR count). The highest BCUT2D eigenvalue weighted by Crippen LogP contribution is 2.35. The zero-order valence-electron chi connectivity index (χ0n) is 22.3. The Morgan fingerprint density at radius 2 is 1.87 bits per heavy atom. The predicted molar refractivity (Wildman–Crippen MR) is 146 cm³/mol. The zero-order chi connectivity index (χ0) is 27.3. The van der Waals surface area contributed by atoms with Gasteiger partial charge in [-0.3, -0.25) is 4.79 Å². The highest BCUT2D eigenvalue weighted by atomic mass is 16.6. The molecule has 1 aliphatic heterocycles. The molecule has 2 fully saturated rings. The molecule has 4 heterocycles. The van der Waals surface area contributed by atoms with E-state index >= 15 is 0 Å².